The number of aromatic nitrogens is 1. The van der Waals surface area contributed by atoms with Crippen molar-refractivity contribution in [3.05, 3.63) is 88.1 Å². The lowest BCUT2D eigenvalue weighted by Gasteiger charge is -2.37. The van der Waals surface area contributed by atoms with Crippen molar-refractivity contribution >= 4 is 0 Å². The number of aryl methyl sites for hydroxylation is 3. The molecular formula is C29H36N2. The molecule has 31 heavy (non-hydrogen) atoms. The van der Waals surface area contributed by atoms with E-state index in [0.717, 1.165) is 38.0 Å². The van der Waals surface area contributed by atoms with Gasteiger partial charge in [-0.2, -0.15) is 0 Å². The molecule has 1 aliphatic heterocycles. The standard InChI is InChI=1S/C29H36N2/c1-5-11-28-26-15-9-8-12-24(26)18-19-31(28)20-25-16-17-27(30-21(25)4)29-22(6-2)13-10-14-23(29)7-3/h8-10,12-17,28H,5-7,11,18-20H2,1-4H3. The van der Waals surface area contributed by atoms with Crippen molar-refractivity contribution in [1.82, 2.24) is 9.88 Å². The van der Waals surface area contributed by atoms with E-state index in [1.165, 1.54) is 51.9 Å². The van der Waals surface area contributed by atoms with Crippen molar-refractivity contribution in [3.8, 4) is 11.3 Å². The normalized spacial score (nSPS) is 16.3. The van der Waals surface area contributed by atoms with Crippen LogP contribution in [0, 0.1) is 6.92 Å². The first kappa shape index (κ1) is 21.8. The molecule has 0 saturated heterocycles. The van der Waals surface area contributed by atoms with Crippen LogP contribution in [0.4, 0.5) is 0 Å². The molecule has 1 unspecified atom stereocenters. The van der Waals surface area contributed by atoms with E-state index in [2.05, 4.69) is 87.2 Å². The van der Waals surface area contributed by atoms with Crippen LogP contribution < -0.4 is 0 Å². The van der Waals surface area contributed by atoms with E-state index in [-0.39, 0.29) is 0 Å². The van der Waals surface area contributed by atoms with Crippen LogP contribution in [-0.2, 0) is 25.8 Å². The number of nitrogens with zero attached hydrogens (tertiary/aromatic N) is 2. The summed E-state index contributed by atoms with van der Waals surface area (Å²) in [7, 11) is 0. The maximum absolute atomic E-state index is 5.11. The topological polar surface area (TPSA) is 16.1 Å². The largest absolute Gasteiger partial charge is 0.292 e. The molecule has 2 heteroatoms. The van der Waals surface area contributed by atoms with Crippen LogP contribution in [-0.4, -0.2) is 16.4 Å². The molecule has 3 aromatic rings. The monoisotopic (exact) mass is 412 g/mol. The summed E-state index contributed by atoms with van der Waals surface area (Å²) in [5.74, 6) is 0. The van der Waals surface area contributed by atoms with Crippen molar-refractivity contribution in [2.75, 3.05) is 6.54 Å². The number of fused-ring (bicyclic) bond motifs is 1. The van der Waals surface area contributed by atoms with Gasteiger partial charge in [0.1, 0.15) is 0 Å². The molecule has 1 atom stereocenters. The zero-order valence-electron chi connectivity index (χ0n) is 19.6. The van der Waals surface area contributed by atoms with Crippen LogP contribution in [0.5, 0.6) is 0 Å². The maximum Gasteiger partial charge on any atom is 0.0710 e. The molecule has 0 bridgehead atoms. The zero-order chi connectivity index (χ0) is 21.8. The van der Waals surface area contributed by atoms with E-state index in [4.69, 9.17) is 4.98 Å². The highest BCUT2D eigenvalue weighted by atomic mass is 15.2. The van der Waals surface area contributed by atoms with Crippen molar-refractivity contribution in [2.45, 2.75) is 72.4 Å². The van der Waals surface area contributed by atoms with Crippen LogP contribution in [0.15, 0.2) is 54.6 Å². The Bertz CT molecular complexity index is 1010. The number of pyridine rings is 1. The molecule has 2 aromatic carbocycles. The molecule has 0 aliphatic carbocycles. The van der Waals surface area contributed by atoms with Gasteiger partial charge in [0.15, 0.2) is 0 Å². The lowest BCUT2D eigenvalue weighted by atomic mass is 9.89. The minimum atomic E-state index is 0.515. The van der Waals surface area contributed by atoms with Crippen molar-refractivity contribution in [2.24, 2.45) is 0 Å². The lowest BCUT2D eigenvalue weighted by molar-refractivity contribution is 0.165. The van der Waals surface area contributed by atoms with Gasteiger partial charge in [0.2, 0.25) is 0 Å². The van der Waals surface area contributed by atoms with Crippen LogP contribution in [0.2, 0.25) is 0 Å². The van der Waals surface area contributed by atoms with Gasteiger partial charge < -0.3 is 0 Å². The molecule has 0 radical (unpaired) electrons. The fraction of sp³-hybridized carbons (Fsp3) is 0.414. The predicted octanol–water partition coefficient (Wildman–Crippen LogP) is 7.08. The molecule has 162 valence electrons. The fourth-order valence-electron chi connectivity index (χ4n) is 5.19. The van der Waals surface area contributed by atoms with E-state index in [1.807, 2.05) is 0 Å². The molecule has 4 rings (SSSR count). The Morgan fingerprint density at radius 2 is 1.61 bits per heavy atom. The SMILES string of the molecule is CCCC1c2ccccc2CCN1Cc1ccc(-c2c(CC)cccc2CC)nc1C. The molecule has 0 saturated carbocycles. The first-order valence-electron chi connectivity index (χ1n) is 12.1. The zero-order valence-corrected chi connectivity index (χ0v) is 19.6. The highest BCUT2D eigenvalue weighted by molar-refractivity contribution is 5.68. The van der Waals surface area contributed by atoms with E-state index < -0.39 is 0 Å². The summed E-state index contributed by atoms with van der Waals surface area (Å²) >= 11 is 0. The van der Waals surface area contributed by atoms with Crippen LogP contribution in [0.1, 0.15) is 73.2 Å². The van der Waals surface area contributed by atoms with Gasteiger partial charge in [0, 0.05) is 30.4 Å². The quantitative estimate of drug-likeness (QED) is 0.412. The number of hydrogen-bond acceptors (Lipinski definition) is 2. The molecule has 2 nitrogen and oxygen atoms in total. The predicted molar refractivity (Wildman–Crippen MR) is 131 cm³/mol. The van der Waals surface area contributed by atoms with Gasteiger partial charge in [-0.05, 0) is 66.5 Å². The summed E-state index contributed by atoms with van der Waals surface area (Å²) < 4.78 is 0. The third-order valence-electron chi connectivity index (χ3n) is 6.91. The maximum atomic E-state index is 5.11. The fourth-order valence-corrected chi connectivity index (χ4v) is 5.19. The second kappa shape index (κ2) is 9.78. The van der Waals surface area contributed by atoms with Crippen molar-refractivity contribution in [1.29, 1.82) is 0 Å². The summed E-state index contributed by atoms with van der Waals surface area (Å²) in [5, 5.41) is 0. The number of rotatable bonds is 7. The molecule has 0 spiro atoms. The van der Waals surface area contributed by atoms with E-state index >= 15 is 0 Å². The van der Waals surface area contributed by atoms with Crippen molar-refractivity contribution in [3.63, 3.8) is 0 Å². The molecule has 2 heterocycles. The highest BCUT2D eigenvalue weighted by Crippen LogP contribution is 2.35. The van der Waals surface area contributed by atoms with Crippen LogP contribution in [0.25, 0.3) is 11.3 Å². The Morgan fingerprint density at radius 3 is 2.29 bits per heavy atom. The van der Waals surface area contributed by atoms with E-state index in [1.54, 1.807) is 0 Å². The summed E-state index contributed by atoms with van der Waals surface area (Å²) in [6, 6.07) is 20.8. The first-order chi connectivity index (χ1) is 15.2. The Hall–Kier alpha value is -2.45. The Morgan fingerprint density at radius 1 is 0.871 bits per heavy atom. The second-order valence-corrected chi connectivity index (χ2v) is 8.82. The molecule has 1 aromatic heterocycles. The molecule has 0 amide bonds. The van der Waals surface area contributed by atoms with Gasteiger partial charge in [-0.3, -0.25) is 9.88 Å². The van der Waals surface area contributed by atoms with Gasteiger partial charge in [0.25, 0.3) is 0 Å². The third kappa shape index (κ3) is 4.45. The minimum Gasteiger partial charge on any atom is -0.292 e. The second-order valence-electron chi connectivity index (χ2n) is 8.82. The summed E-state index contributed by atoms with van der Waals surface area (Å²) in [6.45, 7) is 11.1. The highest BCUT2D eigenvalue weighted by Gasteiger charge is 2.27. The Labute approximate surface area is 188 Å². The summed E-state index contributed by atoms with van der Waals surface area (Å²) in [4.78, 5) is 7.79. The first-order valence-corrected chi connectivity index (χ1v) is 12.1. The van der Waals surface area contributed by atoms with Crippen LogP contribution in [0.3, 0.4) is 0 Å². The van der Waals surface area contributed by atoms with E-state index in [0.29, 0.717) is 6.04 Å². The minimum absolute atomic E-state index is 0.515. The molecule has 1 aliphatic rings. The van der Waals surface area contributed by atoms with Crippen LogP contribution >= 0.6 is 0 Å². The average molecular weight is 413 g/mol. The Kier molecular flexibility index (Phi) is 6.87. The third-order valence-corrected chi connectivity index (χ3v) is 6.91. The Balaban J connectivity index is 1.63. The van der Waals surface area contributed by atoms with Gasteiger partial charge in [0.05, 0.1) is 5.69 Å². The number of hydrogen-bond donors (Lipinski definition) is 0. The summed E-state index contributed by atoms with van der Waals surface area (Å²) in [6.07, 6.45) is 5.64. The van der Waals surface area contributed by atoms with Gasteiger partial charge in [-0.25, -0.2) is 0 Å². The average Bonchev–Trinajstić information content (AvgIpc) is 2.81. The van der Waals surface area contributed by atoms with E-state index in [9.17, 15) is 0 Å². The van der Waals surface area contributed by atoms with Crippen molar-refractivity contribution < 1.29 is 0 Å². The van der Waals surface area contributed by atoms with Gasteiger partial charge in [-0.15, -0.1) is 0 Å². The lowest BCUT2D eigenvalue weighted by Crippen LogP contribution is -2.35. The summed E-state index contributed by atoms with van der Waals surface area (Å²) in [5.41, 5.74) is 10.9. The molecule has 0 N–H and O–H groups in total. The van der Waals surface area contributed by atoms with Gasteiger partial charge >= 0.3 is 0 Å². The number of benzene rings is 2. The molecule has 0 fully saturated rings. The molecular weight excluding hydrogens is 376 g/mol. The smallest absolute Gasteiger partial charge is 0.0710 e. The van der Waals surface area contributed by atoms with Gasteiger partial charge in [-0.1, -0.05) is 75.7 Å².